The lowest BCUT2D eigenvalue weighted by molar-refractivity contribution is -0.143. The van der Waals surface area contributed by atoms with Gasteiger partial charge < -0.3 is 5.73 Å². The molecule has 1 atom stereocenters. The molecule has 0 aliphatic rings. The Labute approximate surface area is 112 Å². The molecule has 0 heterocycles. The normalized spacial score (nSPS) is 13.9. The molecule has 0 radical (unpaired) electrons. The Balaban J connectivity index is 0.00000324. The smallest absolute Gasteiger partial charge is 0.324 e. The van der Waals surface area contributed by atoms with Crippen LogP contribution >= 0.6 is 12.4 Å². The van der Waals surface area contributed by atoms with Gasteiger partial charge in [0.1, 0.15) is 0 Å². The molecule has 1 rings (SSSR count). The topological polar surface area (TPSA) is 26.0 Å². The molecule has 0 spiro atoms. The first-order valence-corrected chi connectivity index (χ1v) is 5.11. The second kappa shape index (κ2) is 6.00. The van der Waals surface area contributed by atoms with Crippen LogP contribution in [0.3, 0.4) is 0 Å². The van der Waals surface area contributed by atoms with E-state index in [9.17, 15) is 26.3 Å². The summed E-state index contributed by atoms with van der Waals surface area (Å²) in [6.07, 6.45) is -9.47. The predicted octanol–water partition coefficient (Wildman–Crippen LogP) is 4.56. The summed E-state index contributed by atoms with van der Waals surface area (Å²) in [5.74, 6) is 0. The second-order valence-electron chi connectivity index (χ2n) is 3.81. The summed E-state index contributed by atoms with van der Waals surface area (Å²) >= 11 is 0. The van der Waals surface area contributed by atoms with Gasteiger partial charge in [0.05, 0.1) is 11.1 Å². The van der Waals surface area contributed by atoms with Crippen LogP contribution in [-0.2, 0) is 12.4 Å². The molecule has 0 aromatic heterocycles. The molecule has 0 fully saturated rings. The molecule has 1 aromatic rings. The molecule has 1 nitrogen and oxygen atoms in total. The fourth-order valence-corrected chi connectivity index (χ4v) is 1.52. The van der Waals surface area contributed by atoms with Gasteiger partial charge in [0.25, 0.3) is 0 Å². The number of halogens is 7. The van der Waals surface area contributed by atoms with Crippen molar-refractivity contribution >= 4 is 12.4 Å². The van der Waals surface area contributed by atoms with Crippen molar-refractivity contribution in [3.05, 3.63) is 34.9 Å². The lowest BCUT2D eigenvalue weighted by Gasteiger charge is -2.19. The molecule has 0 saturated carbocycles. The van der Waals surface area contributed by atoms with Crippen LogP contribution in [0.4, 0.5) is 26.3 Å². The molecule has 8 heteroatoms. The van der Waals surface area contributed by atoms with Gasteiger partial charge in [-0.2, -0.15) is 26.3 Å². The fraction of sp³-hybridized carbons (Fsp3) is 0.455. The van der Waals surface area contributed by atoms with Crippen molar-refractivity contribution in [2.24, 2.45) is 5.73 Å². The molecule has 110 valence electrons. The van der Waals surface area contributed by atoms with E-state index in [1.807, 2.05) is 0 Å². The van der Waals surface area contributed by atoms with E-state index < -0.39 is 29.5 Å². The number of alkyl halides is 6. The molecule has 0 aliphatic heterocycles. The minimum absolute atomic E-state index is 0. The summed E-state index contributed by atoms with van der Waals surface area (Å²) in [6, 6.07) is 0.564. The molecule has 0 bridgehead atoms. The third-order valence-electron chi connectivity index (χ3n) is 2.53. The van der Waals surface area contributed by atoms with Crippen LogP contribution in [0.5, 0.6) is 0 Å². The van der Waals surface area contributed by atoms with Crippen LogP contribution in [0.15, 0.2) is 18.2 Å². The Hall–Kier alpha value is -0.950. The summed E-state index contributed by atoms with van der Waals surface area (Å²) in [7, 11) is 0. The Kier molecular flexibility index (Phi) is 5.70. The highest BCUT2D eigenvalue weighted by Gasteiger charge is 2.38. The maximum Gasteiger partial charge on any atom is 0.416 e. The predicted molar refractivity (Wildman–Crippen MR) is 60.9 cm³/mol. The van der Waals surface area contributed by atoms with E-state index in [0.29, 0.717) is 6.07 Å². The Morgan fingerprint density at radius 2 is 1.58 bits per heavy atom. The van der Waals surface area contributed by atoms with Gasteiger partial charge >= 0.3 is 12.4 Å². The highest BCUT2D eigenvalue weighted by atomic mass is 35.5. The fourth-order valence-electron chi connectivity index (χ4n) is 1.52. The Morgan fingerprint density at radius 3 is 1.95 bits per heavy atom. The van der Waals surface area contributed by atoms with E-state index in [4.69, 9.17) is 5.73 Å². The van der Waals surface area contributed by atoms with E-state index in [1.165, 1.54) is 0 Å². The van der Waals surface area contributed by atoms with Gasteiger partial charge in [-0.25, -0.2) is 0 Å². The molecule has 2 N–H and O–H groups in total. The quantitative estimate of drug-likeness (QED) is 0.797. The van der Waals surface area contributed by atoms with Gasteiger partial charge in [-0.05, 0) is 24.1 Å². The molecule has 0 amide bonds. The van der Waals surface area contributed by atoms with Crippen LogP contribution in [0, 0.1) is 0 Å². The zero-order valence-corrected chi connectivity index (χ0v) is 10.6. The van der Waals surface area contributed by atoms with E-state index in [1.54, 1.807) is 6.92 Å². The monoisotopic (exact) mass is 307 g/mol. The minimum Gasteiger partial charge on any atom is -0.324 e. The molecule has 1 aromatic carbocycles. The number of nitrogens with two attached hydrogens (primary N) is 1. The van der Waals surface area contributed by atoms with Crippen molar-refractivity contribution in [3.63, 3.8) is 0 Å². The summed E-state index contributed by atoms with van der Waals surface area (Å²) in [6.45, 7) is 1.56. The average molecular weight is 308 g/mol. The molecule has 0 unspecified atom stereocenters. The third kappa shape index (κ3) is 4.28. The maximum atomic E-state index is 12.7. The number of rotatable bonds is 2. The second-order valence-corrected chi connectivity index (χ2v) is 3.81. The summed E-state index contributed by atoms with van der Waals surface area (Å²) in [5, 5.41) is 0. The largest absolute Gasteiger partial charge is 0.416 e. The highest BCUT2D eigenvalue weighted by Crippen LogP contribution is 2.39. The van der Waals surface area contributed by atoms with Gasteiger partial charge in [0, 0.05) is 6.04 Å². The lowest BCUT2D eigenvalue weighted by Crippen LogP contribution is -2.18. The first-order valence-electron chi connectivity index (χ1n) is 5.11. The molecule has 19 heavy (non-hydrogen) atoms. The van der Waals surface area contributed by atoms with Gasteiger partial charge in [-0.1, -0.05) is 13.0 Å². The maximum absolute atomic E-state index is 12.7. The summed E-state index contributed by atoms with van der Waals surface area (Å²) in [4.78, 5) is 0. The summed E-state index contributed by atoms with van der Waals surface area (Å²) < 4.78 is 75.2. The van der Waals surface area contributed by atoms with Gasteiger partial charge in [0.2, 0.25) is 0 Å². The van der Waals surface area contributed by atoms with Crippen molar-refractivity contribution in [2.45, 2.75) is 31.7 Å². The molecular weight excluding hydrogens is 296 g/mol. The first kappa shape index (κ1) is 18.0. The van der Waals surface area contributed by atoms with Crippen molar-refractivity contribution in [1.29, 1.82) is 0 Å². The zero-order valence-electron chi connectivity index (χ0n) is 9.77. The molecule has 0 aliphatic carbocycles. The van der Waals surface area contributed by atoms with Gasteiger partial charge in [-0.3, -0.25) is 0 Å². The van der Waals surface area contributed by atoms with Crippen LogP contribution in [0.25, 0.3) is 0 Å². The standard InChI is InChI=1S/C11H11F6N.ClH/c1-2-9(18)7-4-3-6(10(12,13)14)5-8(7)11(15,16)17;/h3-5,9H,2,18H2,1H3;1H/t9-;/m1./s1. The Morgan fingerprint density at radius 1 is 1.05 bits per heavy atom. The van der Waals surface area contributed by atoms with Gasteiger partial charge in [-0.15, -0.1) is 12.4 Å². The van der Waals surface area contributed by atoms with Crippen molar-refractivity contribution in [2.75, 3.05) is 0 Å². The highest BCUT2D eigenvalue weighted by molar-refractivity contribution is 5.85. The average Bonchev–Trinajstić information content (AvgIpc) is 2.24. The van der Waals surface area contributed by atoms with Crippen molar-refractivity contribution in [3.8, 4) is 0 Å². The van der Waals surface area contributed by atoms with Crippen molar-refractivity contribution < 1.29 is 26.3 Å². The van der Waals surface area contributed by atoms with Crippen molar-refractivity contribution in [1.82, 2.24) is 0 Å². The Bertz CT molecular complexity index is 426. The minimum atomic E-state index is -4.86. The molecular formula is C11H12ClF6N. The third-order valence-corrected chi connectivity index (χ3v) is 2.53. The van der Waals surface area contributed by atoms with Crippen LogP contribution in [-0.4, -0.2) is 0 Å². The van der Waals surface area contributed by atoms with Crippen LogP contribution in [0.2, 0.25) is 0 Å². The van der Waals surface area contributed by atoms with Crippen LogP contribution < -0.4 is 5.73 Å². The van der Waals surface area contributed by atoms with E-state index >= 15 is 0 Å². The number of hydrogen-bond donors (Lipinski definition) is 1. The SMILES string of the molecule is CC[C@@H](N)c1ccc(C(F)(F)F)cc1C(F)(F)F.Cl. The lowest BCUT2D eigenvalue weighted by atomic mass is 9.96. The van der Waals surface area contributed by atoms with Gasteiger partial charge in [0.15, 0.2) is 0 Å². The summed E-state index contributed by atoms with van der Waals surface area (Å²) in [5.41, 5.74) is 2.49. The van der Waals surface area contributed by atoms with Crippen LogP contribution in [0.1, 0.15) is 36.1 Å². The number of hydrogen-bond acceptors (Lipinski definition) is 1. The first-order chi connectivity index (χ1) is 8.07. The zero-order chi connectivity index (χ0) is 14.1. The molecule has 0 saturated heterocycles. The van der Waals surface area contributed by atoms with E-state index in [2.05, 4.69) is 0 Å². The van der Waals surface area contributed by atoms with E-state index in [0.717, 1.165) is 6.07 Å². The van der Waals surface area contributed by atoms with E-state index in [-0.39, 0.29) is 30.5 Å². The number of benzene rings is 1.